The smallest absolute Gasteiger partial charge is 0.267 e. The zero-order valence-electron chi connectivity index (χ0n) is 14.4. The van der Waals surface area contributed by atoms with E-state index in [1.165, 1.54) is 6.20 Å². The Bertz CT molecular complexity index is 641. The molecule has 0 aliphatic carbocycles. The van der Waals surface area contributed by atoms with Crippen molar-refractivity contribution in [2.45, 2.75) is 13.8 Å². The van der Waals surface area contributed by atoms with Crippen LogP contribution in [0.4, 0.5) is 5.69 Å². The summed E-state index contributed by atoms with van der Waals surface area (Å²) in [6.07, 6.45) is 1.50. The van der Waals surface area contributed by atoms with Crippen LogP contribution in [-0.4, -0.2) is 50.1 Å². The summed E-state index contributed by atoms with van der Waals surface area (Å²) in [5.74, 6) is -0.390. The Labute approximate surface area is 143 Å². The molecule has 24 heavy (non-hydrogen) atoms. The van der Waals surface area contributed by atoms with Crippen LogP contribution >= 0.6 is 0 Å². The SMILES string of the molecule is Cc1ccc(NC(=O)/C(C#N)=C\NCCN2CCNCC2)c(C)c1. The van der Waals surface area contributed by atoms with Crippen LogP contribution in [0.2, 0.25) is 0 Å². The minimum absolute atomic E-state index is 0.0790. The van der Waals surface area contributed by atoms with E-state index in [1.807, 2.05) is 38.1 Å². The highest BCUT2D eigenvalue weighted by molar-refractivity contribution is 6.06. The molecule has 1 aliphatic rings. The lowest BCUT2D eigenvalue weighted by molar-refractivity contribution is -0.112. The van der Waals surface area contributed by atoms with Crippen LogP contribution in [0.25, 0.3) is 0 Å². The van der Waals surface area contributed by atoms with Gasteiger partial charge in [-0.25, -0.2) is 0 Å². The molecule has 1 aromatic rings. The van der Waals surface area contributed by atoms with E-state index in [2.05, 4.69) is 20.9 Å². The normalized spacial score (nSPS) is 15.6. The van der Waals surface area contributed by atoms with Crippen LogP contribution in [0.15, 0.2) is 30.0 Å². The van der Waals surface area contributed by atoms with E-state index >= 15 is 0 Å². The van der Waals surface area contributed by atoms with E-state index in [-0.39, 0.29) is 11.5 Å². The molecule has 0 atom stereocenters. The molecule has 1 aromatic carbocycles. The maximum absolute atomic E-state index is 12.2. The molecular formula is C18H25N5O. The molecule has 0 unspecified atom stereocenters. The molecule has 6 heteroatoms. The number of nitriles is 1. The first-order valence-electron chi connectivity index (χ1n) is 8.25. The Morgan fingerprint density at radius 2 is 2.12 bits per heavy atom. The van der Waals surface area contributed by atoms with Crippen molar-refractivity contribution >= 4 is 11.6 Å². The standard InChI is InChI=1S/C18H25N5O/c1-14-3-4-17(15(2)11-14)22-18(24)16(12-19)13-21-7-10-23-8-5-20-6-9-23/h3-4,11,13,20-21H,5-10H2,1-2H3,(H,22,24)/b16-13-. The predicted octanol–water partition coefficient (Wildman–Crippen LogP) is 1.14. The highest BCUT2D eigenvalue weighted by Crippen LogP contribution is 2.16. The van der Waals surface area contributed by atoms with E-state index in [0.29, 0.717) is 6.54 Å². The first-order valence-corrected chi connectivity index (χ1v) is 8.25. The van der Waals surface area contributed by atoms with Gasteiger partial charge >= 0.3 is 0 Å². The third-order valence-electron chi connectivity index (χ3n) is 4.02. The van der Waals surface area contributed by atoms with Gasteiger partial charge in [0.15, 0.2) is 0 Å². The summed E-state index contributed by atoms with van der Waals surface area (Å²) in [5, 5.41) is 18.4. The average Bonchev–Trinajstić information content (AvgIpc) is 2.58. The molecule has 1 heterocycles. The lowest BCUT2D eigenvalue weighted by atomic mass is 10.1. The van der Waals surface area contributed by atoms with E-state index in [1.54, 1.807) is 0 Å². The molecule has 2 rings (SSSR count). The van der Waals surface area contributed by atoms with Gasteiger partial charge in [-0.05, 0) is 25.5 Å². The zero-order chi connectivity index (χ0) is 17.4. The largest absolute Gasteiger partial charge is 0.388 e. The van der Waals surface area contributed by atoms with Gasteiger partial charge in [-0.1, -0.05) is 17.7 Å². The van der Waals surface area contributed by atoms with Crippen LogP contribution in [0.3, 0.4) is 0 Å². The quantitative estimate of drug-likeness (QED) is 0.415. The Morgan fingerprint density at radius 3 is 2.79 bits per heavy atom. The molecule has 128 valence electrons. The molecule has 1 saturated heterocycles. The van der Waals surface area contributed by atoms with Gasteiger partial charge in [-0.3, -0.25) is 9.69 Å². The molecule has 0 saturated carbocycles. The summed E-state index contributed by atoms with van der Waals surface area (Å²) in [4.78, 5) is 14.6. The molecule has 1 fully saturated rings. The van der Waals surface area contributed by atoms with Gasteiger partial charge in [-0.2, -0.15) is 5.26 Å². The number of nitrogens with one attached hydrogen (secondary N) is 3. The maximum atomic E-state index is 12.2. The highest BCUT2D eigenvalue weighted by Gasteiger charge is 2.11. The number of anilines is 1. The van der Waals surface area contributed by atoms with Gasteiger partial charge < -0.3 is 16.0 Å². The van der Waals surface area contributed by atoms with Gasteiger partial charge in [0.1, 0.15) is 11.6 Å². The van der Waals surface area contributed by atoms with Crippen molar-refractivity contribution in [3.8, 4) is 6.07 Å². The molecule has 0 aromatic heterocycles. The van der Waals surface area contributed by atoms with Crippen LogP contribution in [0.5, 0.6) is 0 Å². The number of carbonyl (C=O) groups excluding carboxylic acids is 1. The number of benzene rings is 1. The second-order valence-corrected chi connectivity index (χ2v) is 5.99. The summed E-state index contributed by atoms with van der Waals surface area (Å²) >= 11 is 0. The Hall–Kier alpha value is -2.36. The first-order chi connectivity index (χ1) is 11.6. The Morgan fingerprint density at radius 1 is 1.38 bits per heavy atom. The van der Waals surface area contributed by atoms with Crippen molar-refractivity contribution in [1.29, 1.82) is 5.26 Å². The monoisotopic (exact) mass is 327 g/mol. The fourth-order valence-corrected chi connectivity index (χ4v) is 2.62. The van der Waals surface area contributed by atoms with Crippen LogP contribution in [0.1, 0.15) is 11.1 Å². The van der Waals surface area contributed by atoms with E-state index in [0.717, 1.165) is 49.5 Å². The molecule has 3 N–H and O–H groups in total. The van der Waals surface area contributed by atoms with E-state index in [4.69, 9.17) is 0 Å². The third kappa shape index (κ3) is 5.37. The van der Waals surface area contributed by atoms with E-state index in [9.17, 15) is 10.1 Å². The number of rotatable bonds is 6. The van der Waals surface area contributed by atoms with Crippen molar-refractivity contribution in [3.05, 3.63) is 41.1 Å². The van der Waals surface area contributed by atoms with Crippen LogP contribution in [-0.2, 0) is 4.79 Å². The van der Waals surface area contributed by atoms with Crippen LogP contribution in [0, 0.1) is 25.2 Å². The van der Waals surface area contributed by atoms with Crippen molar-refractivity contribution in [3.63, 3.8) is 0 Å². The van der Waals surface area contributed by atoms with E-state index < -0.39 is 0 Å². The fourth-order valence-electron chi connectivity index (χ4n) is 2.62. The first kappa shape index (κ1) is 18.0. The van der Waals surface area contributed by atoms with Crippen molar-refractivity contribution in [2.75, 3.05) is 44.6 Å². The molecule has 0 radical (unpaired) electrons. The fraction of sp³-hybridized carbons (Fsp3) is 0.444. The number of piperazine rings is 1. The van der Waals surface area contributed by atoms with Gasteiger partial charge in [0.25, 0.3) is 5.91 Å². The number of hydrogen-bond donors (Lipinski definition) is 3. The Balaban J connectivity index is 1.85. The maximum Gasteiger partial charge on any atom is 0.267 e. The van der Waals surface area contributed by atoms with Gasteiger partial charge in [0.05, 0.1) is 0 Å². The van der Waals surface area contributed by atoms with Crippen molar-refractivity contribution in [1.82, 2.24) is 15.5 Å². The minimum Gasteiger partial charge on any atom is -0.388 e. The molecule has 6 nitrogen and oxygen atoms in total. The number of hydrogen-bond acceptors (Lipinski definition) is 5. The summed E-state index contributed by atoms with van der Waals surface area (Å²) in [7, 11) is 0. The second kappa shape index (κ2) is 9.06. The van der Waals surface area contributed by atoms with Crippen LogP contribution < -0.4 is 16.0 Å². The number of carbonyl (C=O) groups is 1. The highest BCUT2D eigenvalue weighted by atomic mass is 16.1. The third-order valence-corrected chi connectivity index (χ3v) is 4.02. The lowest BCUT2D eigenvalue weighted by Gasteiger charge is -2.26. The number of aryl methyl sites for hydroxylation is 2. The minimum atomic E-state index is -0.390. The molecular weight excluding hydrogens is 302 g/mol. The van der Waals surface area contributed by atoms with Gasteiger partial charge in [0, 0.05) is 51.2 Å². The van der Waals surface area contributed by atoms with Crippen molar-refractivity contribution in [2.24, 2.45) is 0 Å². The summed E-state index contributed by atoms with van der Waals surface area (Å²) in [6, 6.07) is 7.74. The molecule has 1 amide bonds. The zero-order valence-corrected chi connectivity index (χ0v) is 14.4. The summed E-state index contributed by atoms with van der Waals surface area (Å²) in [5.41, 5.74) is 2.92. The summed E-state index contributed by atoms with van der Waals surface area (Å²) in [6.45, 7) is 9.63. The van der Waals surface area contributed by atoms with Crippen molar-refractivity contribution < 1.29 is 4.79 Å². The second-order valence-electron chi connectivity index (χ2n) is 5.99. The lowest BCUT2D eigenvalue weighted by Crippen LogP contribution is -2.45. The molecule has 1 aliphatic heterocycles. The number of amides is 1. The molecule has 0 bridgehead atoms. The summed E-state index contributed by atoms with van der Waals surface area (Å²) < 4.78 is 0. The average molecular weight is 327 g/mol. The molecule has 0 spiro atoms. The van der Waals surface area contributed by atoms with Gasteiger partial charge in [-0.15, -0.1) is 0 Å². The van der Waals surface area contributed by atoms with Gasteiger partial charge in [0.2, 0.25) is 0 Å². The topological polar surface area (TPSA) is 80.2 Å². The number of nitrogens with zero attached hydrogens (tertiary/aromatic N) is 2. The predicted molar refractivity (Wildman–Crippen MR) is 95.6 cm³/mol. The Kier molecular flexibility index (Phi) is 6.79.